The van der Waals surface area contributed by atoms with E-state index >= 15 is 0 Å². The van der Waals surface area contributed by atoms with E-state index < -0.39 is 18.1 Å². The minimum absolute atomic E-state index is 0.0958. The molecule has 0 fully saturated rings. The Hall–Kier alpha value is -4.98. The molecule has 4 aromatic carbocycles. The zero-order valence-electron chi connectivity index (χ0n) is 21.0. The molecule has 0 saturated heterocycles. The minimum atomic E-state index is -0.826. The molecule has 0 spiro atoms. The summed E-state index contributed by atoms with van der Waals surface area (Å²) in [6, 6.07) is 25.0. The Bertz CT molecular complexity index is 1480. The van der Waals surface area contributed by atoms with E-state index in [9.17, 15) is 14.7 Å². The smallest absolute Gasteiger partial charge is 0.412 e. The average Bonchev–Trinajstić information content (AvgIpc) is 2.92. The van der Waals surface area contributed by atoms with Gasteiger partial charge in [-0.2, -0.15) is 0 Å². The first kappa shape index (κ1) is 26.1. The van der Waals surface area contributed by atoms with Crippen LogP contribution in [0.15, 0.2) is 97.1 Å². The summed E-state index contributed by atoms with van der Waals surface area (Å²) in [6.45, 7) is 1.80. The molecule has 0 unspecified atom stereocenters. The van der Waals surface area contributed by atoms with E-state index in [0.29, 0.717) is 22.6 Å². The molecule has 0 aliphatic heterocycles. The lowest BCUT2D eigenvalue weighted by Gasteiger charge is -2.23. The number of ether oxygens (including phenoxy) is 2. The summed E-state index contributed by atoms with van der Waals surface area (Å²) in [6.07, 6.45) is 1.49. The van der Waals surface area contributed by atoms with E-state index in [4.69, 9.17) is 15.2 Å². The maximum absolute atomic E-state index is 13.0. The number of carbonyl (C=O) groups excluding carboxylic acids is 2. The Labute approximate surface area is 220 Å². The van der Waals surface area contributed by atoms with Gasteiger partial charge in [0.25, 0.3) is 0 Å². The maximum atomic E-state index is 13.0. The second-order valence-corrected chi connectivity index (χ2v) is 8.70. The Balaban J connectivity index is 1.55. The monoisotopic (exact) mass is 511 g/mol. The number of carbonyl (C=O) groups is 2. The summed E-state index contributed by atoms with van der Waals surface area (Å²) in [5.74, 6) is -0.636. The molecular weight excluding hydrogens is 482 g/mol. The van der Waals surface area contributed by atoms with Gasteiger partial charge in [-0.15, -0.1) is 0 Å². The number of methoxy groups -OCH3 is 1. The molecular formula is C30H29N3O5. The van der Waals surface area contributed by atoms with E-state index in [1.54, 1.807) is 55.5 Å². The van der Waals surface area contributed by atoms with Crippen LogP contribution in [0.1, 0.15) is 18.6 Å². The molecule has 0 radical (unpaired) electrons. The fourth-order valence-electron chi connectivity index (χ4n) is 4.08. The summed E-state index contributed by atoms with van der Waals surface area (Å²) in [7, 11) is 1.45. The van der Waals surface area contributed by atoms with E-state index in [2.05, 4.69) is 10.6 Å². The number of fused-ring (bicyclic) bond motifs is 1. The zero-order chi connectivity index (χ0) is 27.1. The Morgan fingerprint density at radius 1 is 0.921 bits per heavy atom. The number of benzene rings is 4. The molecule has 194 valence electrons. The fraction of sp³-hybridized carbons (Fsp3) is 0.133. The van der Waals surface area contributed by atoms with Crippen LogP contribution in [0.3, 0.4) is 0 Å². The lowest BCUT2D eigenvalue weighted by atomic mass is 9.96. The molecule has 4 rings (SSSR count). The number of nitrogens with two attached hydrogens (primary N) is 1. The van der Waals surface area contributed by atoms with Crippen molar-refractivity contribution < 1.29 is 24.2 Å². The third kappa shape index (κ3) is 6.22. The van der Waals surface area contributed by atoms with Gasteiger partial charge in [0.2, 0.25) is 5.91 Å². The number of aromatic hydroxyl groups is 1. The predicted octanol–water partition coefficient (Wildman–Crippen LogP) is 6.26. The van der Waals surface area contributed by atoms with Gasteiger partial charge in [-0.25, -0.2) is 4.79 Å². The van der Waals surface area contributed by atoms with Gasteiger partial charge in [0, 0.05) is 11.3 Å². The van der Waals surface area contributed by atoms with Crippen LogP contribution < -0.4 is 21.1 Å². The van der Waals surface area contributed by atoms with E-state index in [1.807, 2.05) is 36.4 Å². The van der Waals surface area contributed by atoms with Gasteiger partial charge in [-0.3, -0.25) is 10.1 Å². The van der Waals surface area contributed by atoms with Gasteiger partial charge >= 0.3 is 6.09 Å². The van der Waals surface area contributed by atoms with Crippen molar-refractivity contribution in [2.75, 3.05) is 23.5 Å². The molecule has 0 aliphatic carbocycles. The van der Waals surface area contributed by atoms with Crippen LogP contribution in [0.5, 0.6) is 11.5 Å². The molecule has 38 heavy (non-hydrogen) atoms. The first-order chi connectivity index (χ1) is 18.4. The lowest BCUT2D eigenvalue weighted by Crippen LogP contribution is -2.21. The third-order valence-electron chi connectivity index (χ3n) is 6.04. The van der Waals surface area contributed by atoms with Crippen LogP contribution in [-0.2, 0) is 9.53 Å². The lowest BCUT2D eigenvalue weighted by molar-refractivity contribution is -0.111. The molecule has 0 aliphatic rings. The second-order valence-electron chi connectivity index (χ2n) is 8.70. The molecule has 2 atom stereocenters. The number of nitrogens with one attached hydrogen (secondary N) is 2. The van der Waals surface area contributed by atoms with Crippen LogP contribution in [-0.4, -0.2) is 24.2 Å². The second kappa shape index (κ2) is 11.8. The molecule has 4 aromatic rings. The number of amides is 2. The minimum Gasteiger partial charge on any atom is -0.504 e. The standard InChI is InChI=1S/C30H29N3O5/c1-19(14-17-28(35)32-25-12-6-5-11-23(25)31)29(21-15-16-27(37-2)26(34)18-21)38-30(36)33-24-13-7-9-20-8-3-4-10-22(20)24/h3-19,29,34H,31H2,1-2H3,(H,32,35)(H,33,36)/b17-14+/t19-,29-/m0/s1. The highest BCUT2D eigenvalue weighted by molar-refractivity contribution is 6.01. The number of hydrogen-bond donors (Lipinski definition) is 4. The molecule has 5 N–H and O–H groups in total. The van der Waals surface area contributed by atoms with Crippen molar-refractivity contribution in [2.24, 2.45) is 5.92 Å². The summed E-state index contributed by atoms with van der Waals surface area (Å²) in [4.78, 5) is 25.6. The Morgan fingerprint density at radius 3 is 2.39 bits per heavy atom. The summed E-state index contributed by atoms with van der Waals surface area (Å²) in [5.41, 5.74) is 7.98. The van der Waals surface area contributed by atoms with Crippen molar-refractivity contribution in [3.05, 3.63) is 103 Å². The van der Waals surface area contributed by atoms with Crippen molar-refractivity contribution in [1.29, 1.82) is 0 Å². The van der Waals surface area contributed by atoms with Crippen LogP contribution in [0.4, 0.5) is 21.9 Å². The number of para-hydroxylation sites is 2. The normalized spacial score (nSPS) is 12.6. The number of phenols is 1. The molecule has 0 aromatic heterocycles. The van der Waals surface area contributed by atoms with Crippen LogP contribution >= 0.6 is 0 Å². The van der Waals surface area contributed by atoms with Gasteiger partial charge in [-0.05, 0) is 47.4 Å². The van der Waals surface area contributed by atoms with Gasteiger partial charge in [0.05, 0.1) is 24.2 Å². The van der Waals surface area contributed by atoms with Crippen LogP contribution in [0.25, 0.3) is 10.8 Å². The number of hydrogen-bond acceptors (Lipinski definition) is 6. The van der Waals surface area contributed by atoms with Crippen LogP contribution in [0, 0.1) is 5.92 Å². The van der Waals surface area contributed by atoms with E-state index in [1.165, 1.54) is 19.3 Å². The van der Waals surface area contributed by atoms with Gasteiger partial charge < -0.3 is 25.6 Å². The summed E-state index contributed by atoms with van der Waals surface area (Å²) >= 11 is 0. The summed E-state index contributed by atoms with van der Waals surface area (Å²) in [5, 5.41) is 17.7. The van der Waals surface area contributed by atoms with Gasteiger partial charge in [0.15, 0.2) is 11.5 Å². The topological polar surface area (TPSA) is 123 Å². The van der Waals surface area contributed by atoms with Gasteiger partial charge in [-0.1, -0.05) is 67.6 Å². The fourth-order valence-corrected chi connectivity index (χ4v) is 4.08. The third-order valence-corrected chi connectivity index (χ3v) is 6.04. The van der Waals surface area contributed by atoms with Crippen molar-refractivity contribution in [3.63, 3.8) is 0 Å². The Kier molecular flexibility index (Phi) is 8.13. The van der Waals surface area contributed by atoms with E-state index in [0.717, 1.165) is 10.8 Å². The number of phenolic OH excluding ortho intramolecular Hbond substituents is 1. The average molecular weight is 512 g/mol. The predicted molar refractivity (Wildman–Crippen MR) is 149 cm³/mol. The first-order valence-electron chi connectivity index (χ1n) is 12.0. The molecule has 2 amide bonds. The zero-order valence-corrected chi connectivity index (χ0v) is 21.0. The molecule has 0 heterocycles. The van der Waals surface area contributed by atoms with Crippen molar-refractivity contribution in [2.45, 2.75) is 13.0 Å². The largest absolute Gasteiger partial charge is 0.504 e. The van der Waals surface area contributed by atoms with Crippen LogP contribution in [0.2, 0.25) is 0 Å². The number of rotatable bonds is 8. The summed E-state index contributed by atoms with van der Waals surface area (Å²) < 4.78 is 11.0. The van der Waals surface area contributed by atoms with Crippen molar-refractivity contribution in [3.8, 4) is 11.5 Å². The van der Waals surface area contributed by atoms with Crippen molar-refractivity contribution in [1.82, 2.24) is 0 Å². The highest BCUT2D eigenvalue weighted by atomic mass is 16.6. The number of nitrogen functional groups attached to an aromatic ring is 1. The Morgan fingerprint density at radius 2 is 1.63 bits per heavy atom. The van der Waals surface area contributed by atoms with E-state index in [-0.39, 0.29) is 17.4 Å². The highest BCUT2D eigenvalue weighted by Crippen LogP contribution is 2.34. The van der Waals surface area contributed by atoms with Gasteiger partial charge in [0.1, 0.15) is 6.10 Å². The first-order valence-corrected chi connectivity index (χ1v) is 12.0. The molecule has 0 bridgehead atoms. The molecule has 8 nitrogen and oxygen atoms in total. The SMILES string of the molecule is COc1ccc([C@@H](OC(=O)Nc2cccc3ccccc23)[C@@H](C)/C=C/C(=O)Nc2ccccc2N)cc1O. The molecule has 8 heteroatoms. The molecule has 0 saturated carbocycles. The maximum Gasteiger partial charge on any atom is 0.412 e. The number of anilines is 3. The van der Waals surface area contributed by atoms with Crippen molar-refractivity contribution >= 4 is 39.8 Å². The highest BCUT2D eigenvalue weighted by Gasteiger charge is 2.24. The quantitative estimate of drug-likeness (QED) is 0.164.